The predicted molar refractivity (Wildman–Crippen MR) is 174 cm³/mol. The summed E-state index contributed by atoms with van der Waals surface area (Å²) < 4.78 is 30.0. The van der Waals surface area contributed by atoms with Crippen LogP contribution in [-0.4, -0.2) is 44.3 Å². The molecule has 10 heteroatoms. The zero-order valence-corrected chi connectivity index (χ0v) is 27.1. The van der Waals surface area contributed by atoms with Crippen LogP contribution in [0.25, 0.3) is 0 Å². The van der Waals surface area contributed by atoms with E-state index in [0.717, 1.165) is 25.5 Å². The first-order valence-corrected chi connectivity index (χ1v) is 16.4. The average molecular weight is 683 g/mol. The summed E-state index contributed by atoms with van der Waals surface area (Å²) >= 11 is 9.99. The van der Waals surface area contributed by atoms with E-state index < -0.39 is 28.5 Å². The molecule has 0 bridgehead atoms. The maximum Gasteiger partial charge on any atom is 0.264 e. The number of para-hydroxylation sites is 1. The Hall–Kier alpha value is -3.66. The van der Waals surface area contributed by atoms with E-state index in [9.17, 15) is 18.0 Å². The molecule has 0 aliphatic rings. The normalized spacial score (nSPS) is 11.9. The van der Waals surface area contributed by atoms with E-state index in [2.05, 4.69) is 21.2 Å². The van der Waals surface area contributed by atoms with Gasteiger partial charge in [-0.25, -0.2) is 8.42 Å². The summed E-state index contributed by atoms with van der Waals surface area (Å²) in [6.45, 7) is 3.55. The van der Waals surface area contributed by atoms with E-state index in [1.165, 1.54) is 17.0 Å². The largest absolute Gasteiger partial charge is 0.355 e. The zero-order chi connectivity index (χ0) is 31.0. The van der Waals surface area contributed by atoms with Crippen molar-refractivity contribution in [2.75, 3.05) is 17.4 Å². The first kappa shape index (κ1) is 32.3. The molecule has 0 aromatic heterocycles. The minimum absolute atomic E-state index is 0.0221. The van der Waals surface area contributed by atoms with Crippen molar-refractivity contribution >= 4 is 55.1 Å². The summed E-state index contributed by atoms with van der Waals surface area (Å²) in [5.74, 6) is -0.886. The fourth-order valence-electron chi connectivity index (χ4n) is 4.68. The van der Waals surface area contributed by atoms with Crippen molar-refractivity contribution in [2.45, 2.75) is 37.8 Å². The molecule has 4 rings (SSSR count). The third-order valence-electron chi connectivity index (χ3n) is 6.87. The Bertz CT molecular complexity index is 1670. The van der Waals surface area contributed by atoms with Crippen LogP contribution in [0.4, 0.5) is 5.69 Å². The highest BCUT2D eigenvalue weighted by Crippen LogP contribution is 2.31. The van der Waals surface area contributed by atoms with Crippen LogP contribution in [0.2, 0.25) is 5.02 Å². The number of carbonyl (C=O) groups excluding carboxylic acids is 2. The van der Waals surface area contributed by atoms with Crippen LogP contribution in [0.3, 0.4) is 0 Å². The lowest BCUT2D eigenvalue weighted by atomic mass is 10.0. The third kappa shape index (κ3) is 8.25. The van der Waals surface area contributed by atoms with Gasteiger partial charge in [-0.2, -0.15) is 0 Å². The predicted octanol–water partition coefficient (Wildman–Crippen LogP) is 6.38. The lowest BCUT2D eigenvalue weighted by Gasteiger charge is -2.34. The van der Waals surface area contributed by atoms with Gasteiger partial charge in [0.15, 0.2) is 0 Å². The van der Waals surface area contributed by atoms with Gasteiger partial charge in [-0.15, -0.1) is 0 Å². The summed E-state index contributed by atoms with van der Waals surface area (Å²) in [7, 11) is -4.22. The van der Waals surface area contributed by atoms with Gasteiger partial charge in [-0.1, -0.05) is 99.8 Å². The number of likely N-dealkylation sites (N-methyl/N-ethyl adjacent to an activating group) is 1. The topological polar surface area (TPSA) is 86.8 Å². The molecule has 0 saturated carbocycles. The van der Waals surface area contributed by atoms with E-state index in [4.69, 9.17) is 11.6 Å². The molecule has 0 spiro atoms. The second-order valence-corrected chi connectivity index (χ2v) is 13.2. The molecule has 4 aromatic rings. The molecule has 1 N–H and O–H groups in total. The molecule has 43 heavy (non-hydrogen) atoms. The van der Waals surface area contributed by atoms with Crippen molar-refractivity contribution in [3.63, 3.8) is 0 Å². The van der Waals surface area contributed by atoms with Crippen molar-refractivity contribution in [1.29, 1.82) is 0 Å². The second-order valence-electron chi connectivity index (χ2n) is 10.0. The zero-order valence-electron chi connectivity index (χ0n) is 23.9. The maximum absolute atomic E-state index is 14.4. The standard InChI is InChI=1S/C33H33BrClN3O4S/c1-3-36-33(40)31(21-25-10-5-4-6-11-25)37(22-26-12-9-13-27(34)20-26)32(39)23-38(30-15-8-7-14-29(30)35)43(41,42)28-18-16-24(2)17-19-28/h4-20,31H,3,21-23H2,1-2H3,(H,36,40)/t31-/m1/s1. The summed E-state index contributed by atoms with van der Waals surface area (Å²) in [6.07, 6.45) is 0.239. The fraction of sp³-hybridized carbons (Fsp3) is 0.212. The summed E-state index contributed by atoms with van der Waals surface area (Å²) in [5, 5.41) is 3.03. The summed E-state index contributed by atoms with van der Waals surface area (Å²) in [4.78, 5) is 29.4. The average Bonchev–Trinajstić information content (AvgIpc) is 2.99. The van der Waals surface area contributed by atoms with E-state index in [-0.39, 0.29) is 34.5 Å². The molecule has 0 fully saturated rings. The van der Waals surface area contributed by atoms with Crippen molar-refractivity contribution < 1.29 is 18.0 Å². The monoisotopic (exact) mass is 681 g/mol. The number of anilines is 1. The number of benzene rings is 4. The van der Waals surface area contributed by atoms with Crippen LogP contribution in [0.15, 0.2) is 112 Å². The molecule has 0 radical (unpaired) electrons. The molecular formula is C33H33BrClN3O4S. The van der Waals surface area contributed by atoms with E-state index in [1.807, 2.05) is 68.4 Å². The number of nitrogens with one attached hydrogen (secondary N) is 1. The van der Waals surface area contributed by atoms with Gasteiger partial charge in [0, 0.05) is 24.0 Å². The number of hydrogen-bond acceptors (Lipinski definition) is 4. The number of hydrogen-bond donors (Lipinski definition) is 1. The van der Waals surface area contributed by atoms with Crippen LogP contribution in [0.1, 0.15) is 23.6 Å². The highest BCUT2D eigenvalue weighted by molar-refractivity contribution is 9.10. The third-order valence-corrected chi connectivity index (χ3v) is 9.46. The number of rotatable bonds is 12. The lowest BCUT2D eigenvalue weighted by Crippen LogP contribution is -2.53. The van der Waals surface area contributed by atoms with Gasteiger partial charge in [0.2, 0.25) is 11.8 Å². The van der Waals surface area contributed by atoms with Crippen molar-refractivity contribution in [3.05, 3.63) is 129 Å². The molecule has 0 aliphatic heterocycles. The molecule has 0 unspecified atom stereocenters. The number of aryl methyl sites for hydroxylation is 1. The van der Waals surface area contributed by atoms with E-state index in [1.54, 1.807) is 36.4 Å². The van der Waals surface area contributed by atoms with Crippen LogP contribution in [0.5, 0.6) is 0 Å². The van der Waals surface area contributed by atoms with Gasteiger partial charge in [-0.05, 0) is 61.4 Å². The fourth-order valence-corrected chi connectivity index (χ4v) is 6.85. The number of halogens is 2. The van der Waals surface area contributed by atoms with Crippen molar-refractivity contribution in [2.24, 2.45) is 0 Å². The van der Waals surface area contributed by atoms with Crippen LogP contribution in [0, 0.1) is 6.92 Å². The molecule has 0 heterocycles. The summed E-state index contributed by atoms with van der Waals surface area (Å²) in [6, 6.07) is 28.8. The SMILES string of the molecule is CCNC(=O)[C@@H](Cc1ccccc1)N(Cc1cccc(Br)c1)C(=O)CN(c1ccccc1Cl)S(=O)(=O)c1ccc(C)cc1. The Kier molecular flexibility index (Phi) is 11.0. The lowest BCUT2D eigenvalue weighted by molar-refractivity contribution is -0.140. The first-order chi connectivity index (χ1) is 20.6. The minimum Gasteiger partial charge on any atom is -0.355 e. The quantitative estimate of drug-likeness (QED) is 0.188. The van der Waals surface area contributed by atoms with E-state index in [0.29, 0.717) is 6.54 Å². The summed E-state index contributed by atoms with van der Waals surface area (Å²) in [5.41, 5.74) is 2.69. The molecule has 7 nitrogen and oxygen atoms in total. The van der Waals surface area contributed by atoms with Gasteiger partial charge in [0.05, 0.1) is 15.6 Å². The molecule has 2 amide bonds. The van der Waals surface area contributed by atoms with Crippen LogP contribution < -0.4 is 9.62 Å². The van der Waals surface area contributed by atoms with Crippen molar-refractivity contribution in [3.8, 4) is 0 Å². The molecule has 1 atom stereocenters. The Labute approximate surface area is 266 Å². The Balaban J connectivity index is 1.80. The molecule has 0 aliphatic carbocycles. The van der Waals surface area contributed by atoms with Gasteiger partial charge < -0.3 is 10.2 Å². The molecule has 224 valence electrons. The van der Waals surface area contributed by atoms with Crippen molar-refractivity contribution in [1.82, 2.24) is 10.2 Å². The number of amides is 2. The van der Waals surface area contributed by atoms with Gasteiger partial charge in [0.1, 0.15) is 12.6 Å². The highest BCUT2D eigenvalue weighted by Gasteiger charge is 2.35. The van der Waals surface area contributed by atoms with Gasteiger partial charge in [0.25, 0.3) is 10.0 Å². The Morgan fingerprint density at radius 2 is 1.53 bits per heavy atom. The molecule has 0 saturated heterocycles. The first-order valence-electron chi connectivity index (χ1n) is 13.8. The number of carbonyl (C=O) groups is 2. The second kappa shape index (κ2) is 14.7. The number of nitrogens with zero attached hydrogens (tertiary/aromatic N) is 2. The Morgan fingerprint density at radius 3 is 2.19 bits per heavy atom. The van der Waals surface area contributed by atoms with E-state index >= 15 is 0 Å². The smallest absolute Gasteiger partial charge is 0.264 e. The minimum atomic E-state index is -4.22. The molecular weight excluding hydrogens is 650 g/mol. The van der Waals surface area contributed by atoms with Crippen LogP contribution in [-0.2, 0) is 32.6 Å². The highest BCUT2D eigenvalue weighted by atomic mass is 79.9. The van der Waals surface area contributed by atoms with Gasteiger partial charge >= 0.3 is 0 Å². The number of sulfonamides is 1. The van der Waals surface area contributed by atoms with Crippen LogP contribution >= 0.6 is 27.5 Å². The molecule has 4 aromatic carbocycles. The Morgan fingerprint density at radius 1 is 0.884 bits per heavy atom. The van der Waals surface area contributed by atoms with Gasteiger partial charge in [-0.3, -0.25) is 13.9 Å². The maximum atomic E-state index is 14.4.